The predicted octanol–water partition coefficient (Wildman–Crippen LogP) is 4.57. The van der Waals surface area contributed by atoms with E-state index in [4.69, 9.17) is 14.5 Å². The summed E-state index contributed by atoms with van der Waals surface area (Å²) in [6, 6.07) is 5.42. The fourth-order valence-corrected chi connectivity index (χ4v) is 5.47. The average molecular weight is 443 g/mol. The molecule has 0 unspecified atom stereocenters. The molecule has 166 valence electrons. The number of ether oxygens (including phenoxy) is 2. The number of hydrogen-bond donors (Lipinski definition) is 1. The summed E-state index contributed by atoms with van der Waals surface area (Å²) in [4.78, 5) is 17.5. The van der Waals surface area contributed by atoms with E-state index in [1.807, 2.05) is 26.0 Å². The lowest BCUT2D eigenvalue weighted by atomic mass is 9.70. The van der Waals surface area contributed by atoms with E-state index in [9.17, 15) is 4.79 Å². The Kier molecular flexibility index (Phi) is 5.85. The molecule has 0 saturated heterocycles. The molecule has 1 N–H and O–H groups in total. The van der Waals surface area contributed by atoms with Gasteiger partial charge in [0.1, 0.15) is 11.5 Å². The number of carbonyl (C=O) groups excluding carboxylic acids is 1. The van der Waals surface area contributed by atoms with Crippen LogP contribution in [0.1, 0.15) is 64.8 Å². The van der Waals surface area contributed by atoms with Crippen molar-refractivity contribution in [2.24, 2.45) is 5.41 Å². The Hall–Kier alpha value is -2.35. The van der Waals surface area contributed by atoms with Crippen molar-refractivity contribution < 1.29 is 14.3 Å². The Balaban J connectivity index is 1.45. The fraction of sp³-hybridized carbons (Fsp3) is 0.565. The molecular formula is C23H30N4O3S. The van der Waals surface area contributed by atoms with Crippen LogP contribution in [0.15, 0.2) is 23.4 Å². The Morgan fingerprint density at radius 1 is 1.19 bits per heavy atom. The normalized spacial score (nSPS) is 22.8. The monoisotopic (exact) mass is 442 g/mol. The molecule has 4 rings (SSSR count). The van der Waals surface area contributed by atoms with Crippen LogP contribution in [0.2, 0.25) is 0 Å². The molecule has 0 aliphatic heterocycles. The number of anilines is 1. The lowest BCUT2D eigenvalue weighted by molar-refractivity contribution is -0.113. The fourth-order valence-electron chi connectivity index (χ4n) is 4.88. The number of benzene rings is 1. The number of thioether (sulfide) groups is 1. The number of nitrogens with zero attached hydrogens (tertiary/aromatic N) is 3. The highest BCUT2D eigenvalue weighted by Gasteiger charge is 2.61. The summed E-state index contributed by atoms with van der Waals surface area (Å²) < 4.78 is 11.2. The summed E-state index contributed by atoms with van der Waals surface area (Å²) in [5, 5.41) is 12.3. The van der Waals surface area contributed by atoms with Crippen LogP contribution < -0.4 is 14.8 Å². The van der Waals surface area contributed by atoms with Crippen LogP contribution in [-0.2, 0) is 10.2 Å². The van der Waals surface area contributed by atoms with Gasteiger partial charge in [-0.25, -0.2) is 4.98 Å². The van der Waals surface area contributed by atoms with E-state index >= 15 is 0 Å². The minimum Gasteiger partial charge on any atom is -0.494 e. The summed E-state index contributed by atoms with van der Waals surface area (Å²) >= 11 is 1.30. The maximum atomic E-state index is 12.6. The quantitative estimate of drug-likeness (QED) is 0.599. The van der Waals surface area contributed by atoms with E-state index in [2.05, 4.69) is 36.3 Å². The molecule has 1 aromatic carbocycles. The Labute approximate surface area is 187 Å². The van der Waals surface area contributed by atoms with E-state index in [-0.39, 0.29) is 22.5 Å². The predicted molar refractivity (Wildman–Crippen MR) is 121 cm³/mol. The van der Waals surface area contributed by atoms with Crippen LogP contribution in [0, 0.1) is 5.41 Å². The zero-order chi connectivity index (χ0) is 22.2. The summed E-state index contributed by atoms with van der Waals surface area (Å²) in [5.41, 5.74) is 2.86. The van der Waals surface area contributed by atoms with Crippen molar-refractivity contribution in [3.05, 3.63) is 29.6 Å². The second kappa shape index (κ2) is 8.30. The molecule has 1 heterocycles. The highest BCUT2D eigenvalue weighted by molar-refractivity contribution is 7.99. The number of hydrogen-bond acceptors (Lipinski definition) is 7. The van der Waals surface area contributed by atoms with Crippen molar-refractivity contribution in [3.8, 4) is 11.5 Å². The summed E-state index contributed by atoms with van der Waals surface area (Å²) in [6.07, 6.45) is 2.27. The Morgan fingerprint density at radius 2 is 1.97 bits per heavy atom. The minimum absolute atomic E-state index is 0.0205. The van der Waals surface area contributed by atoms with Gasteiger partial charge in [-0.05, 0) is 44.2 Å². The first-order valence-corrected chi connectivity index (χ1v) is 11.9. The molecule has 1 fully saturated rings. The van der Waals surface area contributed by atoms with Crippen molar-refractivity contribution in [3.63, 3.8) is 0 Å². The molecule has 2 aromatic rings. The van der Waals surface area contributed by atoms with Crippen molar-refractivity contribution in [1.82, 2.24) is 15.2 Å². The van der Waals surface area contributed by atoms with Gasteiger partial charge in [-0.1, -0.05) is 32.5 Å². The first-order valence-electron chi connectivity index (χ1n) is 10.9. The molecule has 0 spiro atoms. The largest absolute Gasteiger partial charge is 0.494 e. The lowest BCUT2D eigenvalue weighted by Gasteiger charge is -2.33. The van der Waals surface area contributed by atoms with Gasteiger partial charge in [0.05, 0.1) is 36.0 Å². The maximum absolute atomic E-state index is 12.6. The molecule has 2 bridgehead atoms. The summed E-state index contributed by atoms with van der Waals surface area (Å²) in [5.74, 6) is 1.76. The third-order valence-corrected chi connectivity index (χ3v) is 7.78. The second-order valence-electron chi connectivity index (χ2n) is 8.83. The number of nitrogens with one attached hydrogen (secondary N) is 1. The van der Waals surface area contributed by atoms with Crippen LogP contribution in [0.4, 0.5) is 5.69 Å². The van der Waals surface area contributed by atoms with Crippen LogP contribution >= 0.6 is 11.8 Å². The molecule has 2 atom stereocenters. The van der Waals surface area contributed by atoms with Crippen molar-refractivity contribution >= 4 is 23.4 Å². The highest BCUT2D eigenvalue weighted by Crippen LogP contribution is 2.66. The second-order valence-corrected chi connectivity index (χ2v) is 9.78. The van der Waals surface area contributed by atoms with Gasteiger partial charge in [-0.15, -0.1) is 5.10 Å². The minimum atomic E-state index is -0.156. The Bertz CT molecular complexity index is 997. The molecule has 0 radical (unpaired) electrons. The first kappa shape index (κ1) is 21.9. The molecule has 1 aromatic heterocycles. The molecule has 2 aliphatic rings. The van der Waals surface area contributed by atoms with Crippen molar-refractivity contribution in [1.29, 1.82) is 0 Å². The number of rotatable bonds is 8. The maximum Gasteiger partial charge on any atom is 0.234 e. The van der Waals surface area contributed by atoms with Crippen LogP contribution in [0.5, 0.6) is 11.5 Å². The number of fused-ring (bicyclic) bond motifs is 5. The molecule has 1 amide bonds. The van der Waals surface area contributed by atoms with E-state index in [1.54, 1.807) is 6.07 Å². The highest BCUT2D eigenvalue weighted by atomic mass is 32.2. The van der Waals surface area contributed by atoms with Gasteiger partial charge in [0.25, 0.3) is 0 Å². The number of carbonyl (C=O) groups is 1. The molecular weight excluding hydrogens is 412 g/mol. The number of amides is 1. The van der Waals surface area contributed by atoms with Gasteiger partial charge >= 0.3 is 0 Å². The van der Waals surface area contributed by atoms with Gasteiger partial charge in [0.15, 0.2) is 0 Å². The summed E-state index contributed by atoms with van der Waals surface area (Å²) in [6.45, 7) is 11.8. The average Bonchev–Trinajstić information content (AvgIpc) is 3.07. The molecule has 8 heteroatoms. The third kappa shape index (κ3) is 3.75. The van der Waals surface area contributed by atoms with Crippen LogP contribution in [0.3, 0.4) is 0 Å². The zero-order valence-corrected chi connectivity index (χ0v) is 19.6. The van der Waals surface area contributed by atoms with E-state index in [0.29, 0.717) is 41.5 Å². The van der Waals surface area contributed by atoms with Gasteiger partial charge in [0.2, 0.25) is 11.1 Å². The lowest BCUT2D eigenvalue weighted by Crippen LogP contribution is -2.32. The van der Waals surface area contributed by atoms with Gasteiger partial charge in [0, 0.05) is 17.4 Å². The van der Waals surface area contributed by atoms with Gasteiger partial charge in [-0.3, -0.25) is 4.79 Å². The van der Waals surface area contributed by atoms with E-state index in [1.165, 1.54) is 11.8 Å². The Morgan fingerprint density at radius 3 is 2.71 bits per heavy atom. The van der Waals surface area contributed by atoms with E-state index in [0.717, 1.165) is 24.2 Å². The SMILES string of the molecule is CCOc1ccc(OCC)c(NC(=O)CSc2nnc3c(n2)[C@@]2(C)CC[C@H]3C2(C)C)c1. The molecule has 1 saturated carbocycles. The van der Waals surface area contributed by atoms with E-state index < -0.39 is 0 Å². The first-order chi connectivity index (χ1) is 14.8. The van der Waals surface area contributed by atoms with Crippen molar-refractivity contribution in [2.75, 3.05) is 24.3 Å². The third-order valence-electron chi connectivity index (χ3n) is 6.94. The van der Waals surface area contributed by atoms with Crippen LogP contribution in [0.25, 0.3) is 0 Å². The summed E-state index contributed by atoms with van der Waals surface area (Å²) in [7, 11) is 0. The topological polar surface area (TPSA) is 86.2 Å². The van der Waals surface area contributed by atoms with Crippen LogP contribution in [-0.4, -0.2) is 40.1 Å². The molecule has 31 heavy (non-hydrogen) atoms. The van der Waals surface area contributed by atoms with Crippen molar-refractivity contribution in [2.45, 2.75) is 63.9 Å². The van der Waals surface area contributed by atoms with Gasteiger partial charge < -0.3 is 14.8 Å². The zero-order valence-electron chi connectivity index (χ0n) is 18.8. The smallest absolute Gasteiger partial charge is 0.234 e. The standard InChI is InChI=1S/C23H30N4O3S/c1-6-29-14-8-9-17(30-7-2)16(12-14)24-18(28)13-31-21-25-20-19(26-27-21)15-10-11-23(20,5)22(15,3)4/h8-9,12,15H,6-7,10-11,13H2,1-5H3,(H,24,28)/t15-,23-/m1/s1. The van der Waals surface area contributed by atoms with Gasteiger partial charge in [-0.2, -0.15) is 5.10 Å². The molecule has 7 nitrogen and oxygen atoms in total. The number of aromatic nitrogens is 3. The molecule has 2 aliphatic carbocycles.